The minimum absolute atomic E-state index is 0.103. The Balaban J connectivity index is 2.30. The van der Waals surface area contributed by atoms with Crippen LogP contribution in [0.25, 0.3) is 0 Å². The van der Waals surface area contributed by atoms with Crippen molar-refractivity contribution in [3.8, 4) is 0 Å². The van der Waals surface area contributed by atoms with Crippen LogP contribution < -0.4 is 4.90 Å². The summed E-state index contributed by atoms with van der Waals surface area (Å²) in [4.78, 5) is 17.7. The number of alkyl halides is 1. The highest BCUT2D eigenvalue weighted by Crippen LogP contribution is 2.25. The number of carbonyl (C=O) groups is 1. The zero-order valence-corrected chi connectivity index (χ0v) is 10.5. The van der Waals surface area contributed by atoms with E-state index in [0.717, 1.165) is 5.56 Å². The van der Waals surface area contributed by atoms with Crippen LogP contribution in [-0.4, -0.2) is 22.3 Å². The Morgan fingerprint density at radius 2 is 2.40 bits per heavy atom. The molecule has 0 aliphatic carbocycles. The van der Waals surface area contributed by atoms with Gasteiger partial charge in [0.2, 0.25) is 5.91 Å². The number of nitrogens with zero attached hydrogens (tertiary/aromatic N) is 2. The molecule has 0 N–H and O–H groups in total. The smallest absolute Gasteiger partial charge is 0.229 e. The molecule has 1 aliphatic rings. The predicted molar refractivity (Wildman–Crippen MR) is 63.7 cm³/mol. The molecule has 2 heterocycles. The molecular formula is C10H10BrClN2O. The average molecular weight is 290 g/mol. The monoisotopic (exact) mass is 288 g/mol. The Kier molecular flexibility index (Phi) is 2.98. The van der Waals surface area contributed by atoms with Crippen molar-refractivity contribution in [1.82, 2.24) is 4.98 Å². The minimum atomic E-state index is 0.103. The lowest BCUT2D eigenvalue weighted by Gasteiger charge is -2.15. The second kappa shape index (κ2) is 4.10. The minimum Gasteiger partial charge on any atom is -0.296 e. The number of aromatic nitrogens is 1. The lowest BCUT2D eigenvalue weighted by Crippen LogP contribution is -2.25. The van der Waals surface area contributed by atoms with E-state index in [9.17, 15) is 4.79 Å². The standard InChI is InChI=1S/C10H10BrClN2O/c1-6-2-9(13-4-8(6)12)14-5-7(11)3-10(14)15/h2,4,7H,3,5H2,1H3. The van der Waals surface area contributed by atoms with Crippen LogP contribution in [0.5, 0.6) is 0 Å². The first-order chi connectivity index (χ1) is 7.08. The van der Waals surface area contributed by atoms with Crippen LogP contribution in [0.15, 0.2) is 12.3 Å². The van der Waals surface area contributed by atoms with Crippen molar-refractivity contribution in [3.63, 3.8) is 0 Å². The van der Waals surface area contributed by atoms with Crippen molar-refractivity contribution in [1.29, 1.82) is 0 Å². The lowest BCUT2D eigenvalue weighted by molar-refractivity contribution is -0.117. The maximum atomic E-state index is 11.6. The number of hydrogen-bond donors (Lipinski definition) is 0. The molecule has 0 radical (unpaired) electrons. The molecule has 2 rings (SSSR count). The molecule has 1 aromatic heterocycles. The Labute approximate surface area is 102 Å². The zero-order chi connectivity index (χ0) is 11.0. The zero-order valence-electron chi connectivity index (χ0n) is 8.20. The van der Waals surface area contributed by atoms with Crippen molar-refractivity contribution in [2.75, 3.05) is 11.4 Å². The van der Waals surface area contributed by atoms with E-state index in [0.29, 0.717) is 23.8 Å². The predicted octanol–water partition coefficient (Wildman–Crippen LogP) is 2.54. The van der Waals surface area contributed by atoms with E-state index < -0.39 is 0 Å². The molecule has 1 atom stereocenters. The molecular weight excluding hydrogens is 279 g/mol. The van der Waals surface area contributed by atoms with Crippen LogP contribution in [0.1, 0.15) is 12.0 Å². The molecule has 3 nitrogen and oxygen atoms in total. The second-order valence-electron chi connectivity index (χ2n) is 3.60. The number of carbonyl (C=O) groups excluding carboxylic acids is 1. The van der Waals surface area contributed by atoms with Crippen molar-refractivity contribution >= 4 is 39.3 Å². The number of pyridine rings is 1. The first-order valence-corrected chi connectivity index (χ1v) is 5.94. The van der Waals surface area contributed by atoms with E-state index in [2.05, 4.69) is 20.9 Å². The SMILES string of the molecule is Cc1cc(N2CC(Br)CC2=O)ncc1Cl. The number of aryl methyl sites for hydroxylation is 1. The summed E-state index contributed by atoms with van der Waals surface area (Å²) in [5, 5.41) is 0.626. The molecule has 1 aromatic rings. The first-order valence-electron chi connectivity index (χ1n) is 4.64. The third-order valence-electron chi connectivity index (χ3n) is 2.39. The Morgan fingerprint density at radius 3 is 2.93 bits per heavy atom. The molecule has 0 bridgehead atoms. The van der Waals surface area contributed by atoms with Gasteiger partial charge in [-0.1, -0.05) is 27.5 Å². The molecule has 0 saturated carbocycles. The number of anilines is 1. The fourth-order valence-corrected chi connectivity index (χ4v) is 2.23. The molecule has 15 heavy (non-hydrogen) atoms. The number of hydrogen-bond acceptors (Lipinski definition) is 2. The highest BCUT2D eigenvalue weighted by Gasteiger charge is 2.29. The molecule has 1 saturated heterocycles. The molecule has 1 fully saturated rings. The summed E-state index contributed by atoms with van der Waals surface area (Å²) >= 11 is 9.31. The quantitative estimate of drug-likeness (QED) is 0.744. The number of halogens is 2. The first kappa shape index (κ1) is 10.9. The maximum absolute atomic E-state index is 11.6. The topological polar surface area (TPSA) is 33.2 Å². The number of rotatable bonds is 1. The normalized spacial score (nSPS) is 21.1. The van der Waals surface area contributed by atoms with Gasteiger partial charge in [-0.2, -0.15) is 0 Å². The summed E-state index contributed by atoms with van der Waals surface area (Å²) in [7, 11) is 0. The number of amides is 1. The summed E-state index contributed by atoms with van der Waals surface area (Å²) in [5.41, 5.74) is 0.937. The largest absolute Gasteiger partial charge is 0.296 e. The van der Waals surface area contributed by atoms with Gasteiger partial charge in [-0.25, -0.2) is 4.98 Å². The van der Waals surface area contributed by atoms with Gasteiger partial charge < -0.3 is 0 Å². The van der Waals surface area contributed by atoms with Gasteiger partial charge in [-0.15, -0.1) is 0 Å². The molecule has 1 amide bonds. The Hall–Kier alpha value is -0.610. The van der Waals surface area contributed by atoms with Gasteiger partial charge in [-0.05, 0) is 18.6 Å². The Morgan fingerprint density at radius 1 is 1.67 bits per heavy atom. The fraction of sp³-hybridized carbons (Fsp3) is 0.400. The summed E-state index contributed by atoms with van der Waals surface area (Å²) in [5.74, 6) is 0.787. The fourth-order valence-electron chi connectivity index (χ4n) is 1.56. The van der Waals surface area contributed by atoms with Crippen molar-refractivity contribution in [2.24, 2.45) is 0 Å². The molecule has 0 aromatic carbocycles. The third kappa shape index (κ3) is 2.16. The Bertz CT molecular complexity index is 410. The van der Waals surface area contributed by atoms with Gasteiger partial charge in [0.25, 0.3) is 0 Å². The molecule has 1 unspecified atom stereocenters. The van der Waals surface area contributed by atoms with Gasteiger partial charge >= 0.3 is 0 Å². The summed E-state index contributed by atoms with van der Waals surface area (Å²) in [6, 6.07) is 1.84. The van der Waals surface area contributed by atoms with E-state index in [1.165, 1.54) is 0 Å². The van der Waals surface area contributed by atoms with E-state index >= 15 is 0 Å². The van der Waals surface area contributed by atoms with Gasteiger partial charge in [-0.3, -0.25) is 9.69 Å². The third-order valence-corrected chi connectivity index (χ3v) is 3.40. The van der Waals surface area contributed by atoms with Crippen LogP contribution >= 0.6 is 27.5 Å². The highest BCUT2D eigenvalue weighted by molar-refractivity contribution is 9.09. The van der Waals surface area contributed by atoms with Crippen LogP contribution in [-0.2, 0) is 4.79 Å². The van der Waals surface area contributed by atoms with Crippen LogP contribution in [0.3, 0.4) is 0 Å². The molecule has 80 valence electrons. The summed E-state index contributed by atoms with van der Waals surface area (Å²) < 4.78 is 0. The van der Waals surface area contributed by atoms with Gasteiger partial charge in [0.1, 0.15) is 5.82 Å². The van der Waals surface area contributed by atoms with Gasteiger partial charge in [0.05, 0.1) is 5.02 Å². The lowest BCUT2D eigenvalue weighted by atomic mass is 10.3. The maximum Gasteiger partial charge on any atom is 0.229 e. The summed E-state index contributed by atoms with van der Waals surface area (Å²) in [6.07, 6.45) is 2.12. The van der Waals surface area contributed by atoms with Crippen molar-refractivity contribution < 1.29 is 4.79 Å². The van der Waals surface area contributed by atoms with Crippen LogP contribution in [0.2, 0.25) is 5.02 Å². The van der Waals surface area contributed by atoms with E-state index in [4.69, 9.17) is 11.6 Å². The van der Waals surface area contributed by atoms with Gasteiger partial charge in [0, 0.05) is 24.0 Å². The van der Waals surface area contributed by atoms with Crippen molar-refractivity contribution in [2.45, 2.75) is 18.2 Å². The van der Waals surface area contributed by atoms with E-state index in [1.54, 1.807) is 11.1 Å². The van der Waals surface area contributed by atoms with Gasteiger partial charge in [0.15, 0.2) is 0 Å². The van der Waals surface area contributed by atoms with E-state index in [-0.39, 0.29) is 10.7 Å². The molecule has 0 spiro atoms. The van der Waals surface area contributed by atoms with Crippen molar-refractivity contribution in [3.05, 3.63) is 22.8 Å². The second-order valence-corrected chi connectivity index (χ2v) is 5.30. The highest BCUT2D eigenvalue weighted by atomic mass is 79.9. The van der Waals surface area contributed by atoms with E-state index in [1.807, 2.05) is 13.0 Å². The molecule has 1 aliphatic heterocycles. The average Bonchev–Trinajstić information content (AvgIpc) is 2.50. The molecule has 5 heteroatoms. The van der Waals surface area contributed by atoms with Crippen LogP contribution in [0.4, 0.5) is 5.82 Å². The summed E-state index contributed by atoms with van der Waals surface area (Å²) in [6.45, 7) is 2.58. The van der Waals surface area contributed by atoms with Crippen LogP contribution in [0, 0.1) is 6.92 Å².